The van der Waals surface area contributed by atoms with E-state index in [-0.39, 0.29) is 24.3 Å². The Kier molecular flexibility index (Phi) is 5.66. The number of hydrogen-bond acceptors (Lipinski definition) is 4. The first kappa shape index (κ1) is 19.7. The number of benzene rings is 1. The molecule has 1 amide bonds. The number of anilines is 1. The van der Waals surface area contributed by atoms with Crippen molar-refractivity contribution in [2.45, 2.75) is 25.5 Å². The topological polar surface area (TPSA) is 32.8 Å². The van der Waals surface area contributed by atoms with Gasteiger partial charge in [-0.3, -0.25) is 9.80 Å². The molecule has 1 aromatic heterocycles. The maximum Gasteiger partial charge on any atom is 0.415 e. The van der Waals surface area contributed by atoms with Crippen LogP contribution in [0.2, 0.25) is 0 Å². The number of nitrogens with zero attached hydrogens (tertiary/aromatic N) is 2. The fourth-order valence-corrected chi connectivity index (χ4v) is 5.27. The Balaban J connectivity index is 1.60. The fourth-order valence-electron chi connectivity index (χ4n) is 3.80. The Hall–Kier alpha value is -1.58. The van der Waals surface area contributed by atoms with E-state index < -0.39 is 23.5 Å². The summed E-state index contributed by atoms with van der Waals surface area (Å²) in [6.45, 7) is 2.63. The summed E-state index contributed by atoms with van der Waals surface area (Å²) in [5, 5.41) is 0. The van der Waals surface area contributed by atoms with Crippen molar-refractivity contribution in [3.05, 3.63) is 50.4 Å². The third-order valence-corrected chi connectivity index (χ3v) is 6.90. The van der Waals surface area contributed by atoms with Gasteiger partial charge in [-0.15, -0.1) is 11.3 Å². The van der Waals surface area contributed by atoms with Crippen LogP contribution >= 0.6 is 27.3 Å². The van der Waals surface area contributed by atoms with Gasteiger partial charge in [-0.25, -0.2) is 18.0 Å². The number of carbonyl (C=O) groups excluding carboxylic acids is 1. The summed E-state index contributed by atoms with van der Waals surface area (Å²) in [7, 11) is 0. The zero-order valence-electron chi connectivity index (χ0n) is 14.8. The van der Waals surface area contributed by atoms with Crippen LogP contribution in [-0.4, -0.2) is 36.7 Å². The van der Waals surface area contributed by atoms with E-state index >= 15 is 0 Å². The van der Waals surface area contributed by atoms with Crippen molar-refractivity contribution in [1.29, 1.82) is 0 Å². The van der Waals surface area contributed by atoms with Gasteiger partial charge in [0.05, 0.1) is 16.0 Å². The predicted molar refractivity (Wildman–Crippen MR) is 104 cm³/mol. The first-order valence-electron chi connectivity index (χ1n) is 9.00. The van der Waals surface area contributed by atoms with E-state index in [0.717, 1.165) is 39.5 Å². The molecule has 0 spiro atoms. The summed E-state index contributed by atoms with van der Waals surface area (Å²) >= 11 is 4.72. The second-order valence-corrected chi connectivity index (χ2v) is 9.62. The Morgan fingerprint density at radius 3 is 2.50 bits per heavy atom. The average Bonchev–Trinajstić information content (AvgIpc) is 3.09. The quantitative estimate of drug-likeness (QED) is 0.573. The van der Waals surface area contributed by atoms with E-state index in [1.54, 1.807) is 12.1 Å². The van der Waals surface area contributed by atoms with E-state index in [0.29, 0.717) is 18.7 Å². The molecule has 2 bridgehead atoms. The van der Waals surface area contributed by atoms with Gasteiger partial charge in [0.15, 0.2) is 11.6 Å². The molecule has 3 fully saturated rings. The van der Waals surface area contributed by atoms with Crippen molar-refractivity contribution < 1.29 is 22.7 Å². The zero-order chi connectivity index (χ0) is 19.8. The van der Waals surface area contributed by atoms with Crippen LogP contribution in [0, 0.1) is 23.4 Å². The highest BCUT2D eigenvalue weighted by Crippen LogP contribution is 2.32. The molecule has 28 heavy (non-hydrogen) atoms. The van der Waals surface area contributed by atoms with Gasteiger partial charge in [-0.05, 0) is 59.9 Å². The standard InChI is InChI=1S/C19H18BrF3N2O2S/c20-18-2-1-12(28-18)9-25(16-8-14(22)13(21)7-15(16)23)19(26)27-17-10-24-5-3-11(17)4-6-24/h1-2,7-8,11,17H,3-6,9-10H2. The lowest BCUT2D eigenvalue weighted by Gasteiger charge is -2.44. The highest BCUT2D eigenvalue weighted by Gasteiger charge is 2.38. The lowest BCUT2D eigenvalue weighted by molar-refractivity contribution is -0.0311. The van der Waals surface area contributed by atoms with Crippen LogP contribution in [0.4, 0.5) is 23.7 Å². The average molecular weight is 475 g/mol. The third kappa shape index (κ3) is 4.06. The van der Waals surface area contributed by atoms with Gasteiger partial charge in [-0.1, -0.05) is 0 Å². The summed E-state index contributed by atoms with van der Waals surface area (Å²) in [6, 6.07) is 4.73. The molecule has 5 rings (SSSR count). The minimum atomic E-state index is -1.30. The second-order valence-electron chi connectivity index (χ2n) is 7.07. The number of piperidine rings is 3. The van der Waals surface area contributed by atoms with Gasteiger partial charge in [0.1, 0.15) is 11.9 Å². The lowest BCUT2D eigenvalue weighted by atomic mass is 9.86. The number of thiophene rings is 1. The summed E-state index contributed by atoms with van der Waals surface area (Å²) in [4.78, 5) is 17.0. The number of halogens is 4. The largest absolute Gasteiger partial charge is 0.444 e. The third-order valence-electron chi connectivity index (χ3n) is 5.29. The van der Waals surface area contributed by atoms with E-state index in [1.165, 1.54) is 11.3 Å². The molecule has 0 radical (unpaired) electrons. The van der Waals surface area contributed by atoms with Crippen molar-refractivity contribution in [3.63, 3.8) is 0 Å². The lowest BCUT2D eigenvalue weighted by Crippen LogP contribution is -2.53. The Morgan fingerprint density at radius 1 is 1.18 bits per heavy atom. The van der Waals surface area contributed by atoms with Gasteiger partial charge >= 0.3 is 6.09 Å². The van der Waals surface area contributed by atoms with Crippen LogP contribution in [0.25, 0.3) is 0 Å². The van der Waals surface area contributed by atoms with E-state index in [4.69, 9.17) is 4.74 Å². The Labute approximate surface area is 173 Å². The number of rotatable bonds is 4. The molecule has 1 aromatic carbocycles. The SMILES string of the molecule is O=C(OC1CN2CCC1CC2)N(Cc1ccc(Br)s1)c1cc(F)c(F)cc1F. The van der Waals surface area contributed by atoms with Gasteiger partial charge in [0, 0.05) is 23.6 Å². The highest BCUT2D eigenvalue weighted by molar-refractivity contribution is 9.11. The number of ether oxygens (including phenoxy) is 1. The molecular formula is C19H18BrF3N2O2S. The molecule has 0 aliphatic carbocycles. The van der Waals surface area contributed by atoms with Crippen LogP contribution in [0.5, 0.6) is 0 Å². The van der Waals surface area contributed by atoms with Crippen molar-refractivity contribution in [2.75, 3.05) is 24.5 Å². The van der Waals surface area contributed by atoms with Gasteiger partial charge in [0.25, 0.3) is 0 Å². The smallest absolute Gasteiger partial charge is 0.415 e. The molecule has 4 heterocycles. The maximum atomic E-state index is 14.4. The van der Waals surface area contributed by atoms with Crippen molar-refractivity contribution >= 4 is 39.0 Å². The molecule has 9 heteroatoms. The second kappa shape index (κ2) is 8.04. The summed E-state index contributed by atoms with van der Waals surface area (Å²) in [5.74, 6) is -3.25. The van der Waals surface area contributed by atoms with Gasteiger partial charge in [-0.2, -0.15) is 0 Å². The maximum absolute atomic E-state index is 14.4. The number of amides is 1. The molecule has 4 nitrogen and oxygen atoms in total. The summed E-state index contributed by atoms with van der Waals surface area (Å²) in [5.41, 5.74) is -0.338. The molecule has 1 unspecified atom stereocenters. The molecule has 3 aliphatic rings. The fraction of sp³-hybridized carbons (Fsp3) is 0.421. The van der Waals surface area contributed by atoms with Crippen LogP contribution in [0.1, 0.15) is 17.7 Å². The zero-order valence-corrected chi connectivity index (χ0v) is 17.2. The molecule has 3 saturated heterocycles. The molecule has 3 aliphatic heterocycles. The highest BCUT2D eigenvalue weighted by atomic mass is 79.9. The minimum absolute atomic E-state index is 0.00179. The van der Waals surface area contributed by atoms with E-state index in [1.807, 2.05) is 0 Å². The molecule has 0 N–H and O–H groups in total. The molecule has 150 valence electrons. The Bertz CT molecular complexity index is 886. The molecule has 1 atom stereocenters. The van der Waals surface area contributed by atoms with Crippen molar-refractivity contribution in [2.24, 2.45) is 5.92 Å². The van der Waals surface area contributed by atoms with Crippen LogP contribution in [-0.2, 0) is 11.3 Å². The predicted octanol–water partition coefficient (Wildman–Crippen LogP) is 5.17. The number of fused-ring (bicyclic) bond motifs is 3. The van der Waals surface area contributed by atoms with Crippen molar-refractivity contribution in [3.8, 4) is 0 Å². The first-order valence-corrected chi connectivity index (χ1v) is 10.6. The normalized spacial score (nSPS) is 23.6. The van der Waals surface area contributed by atoms with Crippen molar-refractivity contribution in [1.82, 2.24) is 4.90 Å². The molecule has 0 saturated carbocycles. The van der Waals surface area contributed by atoms with Gasteiger partial charge in [0.2, 0.25) is 0 Å². The summed E-state index contributed by atoms with van der Waals surface area (Å²) in [6.07, 6.45) is 0.874. The van der Waals surface area contributed by atoms with E-state index in [9.17, 15) is 18.0 Å². The van der Waals surface area contributed by atoms with Crippen LogP contribution in [0.15, 0.2) is 28.1 Å². The van der Waals surface area contributed by atoms with E-state index in [2.05, 4.69) is 20.8 Å². The number of hydrogen-bond donors (Lipinski definition) is 0. The van der Waals surface area contributed by atoms with Crippen LogP contribution in [0.3, 0.4) is 0 Å². The Morgan fingerprint density at radius 2 is 1.89 bits per heavy atom. The number of carbonyl (C=O) groups is 1. The monoisotopic (exact) mass is 474 g/mol. The van der Waals surface area contributed by atoms with Gasteiger partial charge < -0.3 is 4.74 Å². The van der Waals surface area contributed by atoms with Crippen LogP contribution < -0.4 is 4.90 Å². The minimum Gasteiger partial charge on any atom is -0.444 e. The first-order chi connectivity index (χ1) is 13.4. The summed E-state index contributed by atoms with van der Waals surface area (Å²) < 4.78 is 48.1. The molecule has 2 aromatic rings. The molecular weight excluding hydrogens is 457 g/mol.